The van der Waals surface area contributed by atoms with Gasteiger partial charge >= 0.3 is 0 Å². The summed E-state index contributed by atoms with van der Waals surface area (Å²) in [6.45, 7) is 1.43. The maximum absolute atomic E-state index is 12.9. The van der Waals surface area contributed by atoms with Gasteiger partial charge in [0.1, 0.15) is 0 Å². The monoisotopic (exact) mass is 307 g/mol. The van der Waals surface area contributed by atoms with Gasteiger partial charge in [0.15, 0.2) is 5.69 Å². The molecule has 6 nitrogen and oxygen atoms in total. The van der Waals surface area contributed by atoms with Gasteiger partial charge in [-0.25, -0.2) is 0 Å². The quantitative estimate of drug-likeness (QED) is 0.788. The molecular formula is C17H17N5O. The summed E-state index contributed by atoms with van der Waals surface area (Å²) in [5.74, 6) is 0.225. The number of aromatic amines is 1. The van der Waals surface area contributed by atoms with E-state index in [1.807, 2.05) is 29.2 Å². The number of nitrogens with one attached hydrogen (secondary N) is 1. The predicted octanol–water partition coefficient (Wildman–Crippen LogP) is 2.37. The third-order valence-corrected chi connectivity index (χ3v) is 4.38. The van der Waals surface area contributed by atoms with Gasteiger partial charge in [-0.15, -0.1) is 0 Å². The summed E-state index contributed by atoms with van der Waals surface area (Å²) < 4.78 is 0. The number of aromatic nitrogens is 4. The number of carbonyl (C=O) groups is 1. The maximum Gasteiger partial charge on any atom is 0.275 e. The van der Waals surface area contributed by atoms with Gasteiger partial charge < -0.3 is 4.90 Å². The number of likely N-dealkylation sites (tertiary alicyclic amines) is 1. The van der Waals surface area contributed by atoms with Crippen LogP contribution in [-0.2, 0) is 0 Å². The average molecular weight is 307 g/mol. The molecule has 1 atom stereocenters. The Morgan fingerprint density at radius 3 is 3.04 bits per heavy atom. The van der Waals surface area contributed by atoms with Gasteiger partial charge in [-0.05, 0) is 18.9 Å². The van der Waals surface area contributed by atoms with E-state index in [1.165, 1.54) is 0 Å². The third-order valence-electron chi connectivity index (χ3n) is 4.38. The molecule has 116 valence electrons. The van der Waals surface area contributed by atoms with Crippen LogP contribution in [0.1, 0.15) is 34.9 Å². The van der Waals surface area contributed by atoms with Gasteiger partial charge in [0.25, 0.3) is 5.91 Å². The molecule has 1 fully saturated rings. The lowest BCUT2D eigenvalue weighted by molar-refractivity contribution is 0.0701. The molecule has 6 heteroatoms. The largest absolute Gasteiger partial charge is 0.337 e. The van der Waals surface area contributed by atoms with E-state index in [1.54, 1.807) is 18.6 Å². The van der Waals surface area contributed by atoms with Crippen LogP contribution in [0, 0.1) is 0 Å². The molecule has 1 saturated heterocycles. The van der Waals surface area contributed by atoms with E-state index in [0.717, 1.165) is 36.0 Å². The highest BCUT2D eigenvalue weighted by atomic mass is 16.2. The van der Waals surface area contributed by atoms with E-state index in [0.29, 0.717) is 12.2 Å². The van der Waals surface area contributed by atoms with Crippen LogP contribution in [-0.4, -0.2) is 44.1 Å². The molecule has 0 bridgehead atoms. The molecule has 0 radical (unpaired) electrons. The van der Waals surface area contributed by atoms with Crippen molar-refractivity contribution in [2.45, 2.75) is 18.8 Å². The van der Waals surface area contributed by atoms with E-state index in [2.05, 4.69) is 20.2 Å². The molecule has 0 aliphatic carbocycles. The summed E-state index contributed by atoms with van der Waals surface area (Å²) in [5.41, 5.74) is 2.34. The topological polar surface area (TPSA) is 74.8 Å². The number of carbonyl (C=O) groups excluding carboxylic acids is 1. The molecular weight excluding hydrogens is 290 g/mol. The number of fused-ring (bicyclic) bond motifs is 1. The molecule has 3 heterocycles. The van der Waals surface area contributed by atoms with Crippen LogP contribution in [0.2, 0.25) is 0 Å². The zero-order chi connectivity index (χ0) is 15.6. The smallest absolute Gasteiger partial charge is 0.275 e. The Morgan fingerprint density at radius 1 is 1.26 bits per heavy atom. The number of para-hydroxylation sites is 1. The molecule has 1 aliphatic rings. The van der Waals surface area contributed by atoms with E-state index in [4.69, 9.17) is 0 Å². The molecule has 4 rings (SSSR count). The van der Waals surface area contributed by atoms with Crippen molar-refractivity contribution in [3.63, 3.8) is 0 Å². The van der Waals surface area contributed by atoms with Crippen molar-refractivity contribution in [3.8, 4) is 0 Å². The van der Waals surface area contributed by atoms with Crippen molar-refractivity contribution in [3.05, 3.63) is 54.2 Å². The van der Waals surface area contributed by atoms with Gasteiger partial charge in [-0.2, -0.15) is 5.10 Å². The number of piperidine rings is 1. The number of rotatable bonds is 2. The molecule has 2 aromatic heterocycles. The molecule has 0 spiro atoms. The number of hydrogen-bond acceptors (Lipinski definition) is 4. The summed E-state index contributed by atoms with van der Waals surface area (Å²) in [5, 5.41) is 8.03. The van der Waals surface area contributed by atoms with Crippen molar-refractivity contribution in [1.29, 1.82) is 0 Å². The van der Waals surface area contributed by atoms with Gasteiger partial charge in [-0.3, -0.25) is 19.9 Å². The molecule has 3 aromatic rings. The first kappa shape index (κ1) is 13.9. The first-order valence-electron chi connectivity index (χ1n) is 7.81. The average Bonchev–Trinajstić information content (AvgIpc) is 3.06. The zero-order valence-corrected chi connectivity index (χ0v) is 12.6. The lowest BCUT2D eigenvalue weighted by atomic mass is 9.94. The van der Waals surface area contributed by atoms with Gasteiger partial charge in [0.2, 0.25) is 0 Å². The summed E-state index contributed by atoms with van der Waals surface area (Å²) in [6, 6.07) is 7.71. The van der Waals surface area contributed by atoms with Crippen LogP contribution in [0.25, 0.3) is 10.9 Å². The Bertz CT molecular complexity index is 829. The van der Waals surface area contributed by atoms with E-state index in [-0.39, 0.29) is 11.8 Å². The zero-order valence-electron chi connectivity index (χ0n) is 12.6. The van der Waals surface area contributed by atoms with E-state index >= 15 is 0 Å². The fourth-order valence-electron chi connectivity index (χ4n) is 3.20. The Kier molecular flexibility index (Phi) is 3.49. The van der Waals surface area contributed by atoms with Crippen LogP contribution in [0.5, 0.6) is 0 Å². The highest BCUT2D eigenvalue weighted by Crippen LogP contribution is 2.26. The van der Waals surface area contributed by atoms with Gasteiger partial charge in [0, 0.05) is 43.0 Å². The first-order valence-corrected chi connectivity index (χ1v) is 7.81. The first-order chi connectivity index (χ1) is 11.3. The fraction of sp³-hybridized carbons (Fsp3) is 0.294. The number of amides is 1. The van der Waals surface area contributed by atoms with Gasteiger partial charge in [-0.1, -0.05) is 18.2 Å². The maximum atomic E-state index is 12.9. The number of H-pyrrole nitrogens is 1. The summed E-state index contributed by atoms with van der Waals surface area (Å²) in [7, 11) is 0. The van der Waals surface area contributed by atoms with Crippen molar-refractivity contribution < 1.29 is 4.79 Å². The lowest BCUT2D eigenvalue weighted by Gasteiger charge is -2.32. The van der Waals surface area contributed by atoms with Crippen LogP contribution in [0.15, 0.2) is 42.9 Å². The SMILES string of the molecule is O=C(c1n[nH]c2ccccc12)N1CCC[C@@H](c2cnccn2)C1. The molecule has 1 amide bonds. The van der Waals surface area contributed by atoms with Crippen molar-refractivity contribution >= 4 is 16.8 Å². The van der Waals surface area contributed by atoms with Crippen molar-refractivity contribution in [2.24, 2.45) is 0 Å². The summed E-state index contributed by atoms with van der Waals surface area (Å²) in [4.78, 5) is 23.3. The minimum absolute atomic E-state index is 0.0176. The molecule has 0 unspecified atom stereocenters. The normalized spacial score (nSPS) is 18.3. The summed E-state index contributed by atoms with van der Waals surface area (Å²) >= 11 is 0. The van der Waals surface area contributed by atoms with Crippen LogP contribution < -0.4 is 0 Å². The molecule has 23 heavy (non-hydrogen) atoms. The fourth-order valence-corrected chi connectivity index (χ4v) is 3.20. The molecule has 1 aliphatic heterocycles. The minimum Gasteiger partial charge on any atom is -0.337 e. The number of benzene rings is 1. The Balaban J connectivity index is 1.59. The molecule has 0 saturated carbocycles. The lowest BCUT2D eigenvalue weighted by Crippen LogP contribution is -2.39. The highest BCUT2D eigenvalue weighted by Gasteiger charge is 2.28. The third kappa shape index (κ3) is 2.56. The number of hydrogen-bond donors (Lipinski definition) is 1. The molecule has 1 N–H and O–H groups in total. The Labute approximate surface area is 133 Å². The van der Waals surface area contributed by atoms with Crippen molar-refractivity contribution in [1.82, 2.24) is 25.1 Å². The Morgan fingerprint density at radius 2 is 2.17 bits per heavy atom. The van der Waals surface area contributed by atoms with E-state index in [9.17, 15) is 4.79 Å². The van der Waals surface area contributed by atoms with Crippen LogP contribution in [0.4, 0.5) is 0 Å². The van der Waals surface area contributed by atoms with Crippen LogP contribution >= 0.6 is 0 Å². The Hall–Kier alpha value is -2.76. The highest BCUT2D eigenvalue weighted by molar-refractivity contribution is 6.04. The second-order valence-electron chi connectivity index (χ2n) is 5.84. The second kappa shape index (κ2) is 5.79. The standard InChI is InChI=1S/C17H17N5O/c23-17(16-13-5-1-2-6-14(13)20-21-16)22-9-3-4-12(11-22)15-10-18-7-8-19-15/h1-2,5-8,10,12H,3-4,9,11H2,(H,20,21)/t12-/m1/s1. The minimum atomic E-state index is -0.0176. The van der Waals surface area contributed by atoms with Gasteiger partial charge in [0.05, 0.1) is 11.2 Å². The second-order valence-corrected chi connectivity index (χ2v) is 5.84. The number of nitrogens with zero attached hydrogens (tertiary/aromatic N) is 4. The molecule has 1 aromatic carbocycles. The van der Waals surface area contributed by atoms with Crippen molar-refractivity contribution in [2.75, 3.05) is 13.1 Å². The predicted molar refractivity (Wildman–Crippen MR) is 86.0 cm³/mol. The summed E-state index contributed by atoms with van der Waals surface area (Å²) in [6.07, 6.45) is 7.17. The van der Waals surface area contributed by atoms with Crippen LogP contribution in [0.3, 0.4) is 0 Å². The van der Waals surface area contributed by atoms with E-state index < -0.39 is 0 Å².